The number of anilines is 3. The number of aliphatic hydroxyl groups is 1. The Hall–Kier alpha value is -3.40. The van der Waals surface area contributed by atoms with E-state index in [9.17, 15) is 22.7 Å². The summed E-state index contributed by atoms with van der Waals surface area (Å²) in [5.41, 5.74) is 1.07. The van der Waals surface area contributed by atoms with Crippen molar-refractivity contribution in [3.63, 3.8) is 0 Å². The molecule has 0 saturated carbocycles. The van der Waals surface area contributed by atoms with Gasteiger partial charge in [0.1, 0.15) is 19.5 Å². The van der Waals surface area contributed by atoms with Gasteiger partial charge >= 0.3 is 6.18 Å². The van der Waals surface area contributed by atoms with Crippen LogP contribution in [-0.2, 0) is 12.7 Å². The van der Waals surface area contributed by atoms with Crippen LogP contribution in [0.1, 0.15) is 36.1 Å². The Kier molecular flexibility index (Phi) is 5.47. The molecule has 176 valence electrons. The van der Waals surface area contributed by atoms with Crippen molar-refractivity contribution in [3.8, 4) is 0 Å². The Morgan fingerprint density at radius 2 is 1.91 bits per heavy atom. The second-order valence-corrected chi connectivity index (χ2v) is 8.40. The summed E-state index contributed by atoms with van der Waals surface area (Å²) in [5.74, 6) is -0.556. The minimum Gasteiger partial charge on any atom is -0.381 e. The normalized spacial score (nSPS) is 16.8. The molecule has 0 saturated heterocycles. The number of benzene rings is 2. The molecular weight excluding hydrogens is 447 g/mol. The van der Waals surface area contributed by atoms with Gasteiger partial charge in [0.15, 0.2) is 0 Å². The minimum absolute atomic E-state index is 0.0327. The molecule has 1 atom stereocenters. The highest BCUT2D eigenvalue weighted by atomic mass is 19.4. The van der Waals surface area contributed by atoms with Gasteiger partial charge in [-0.05, 0) is 38.1 Å². The molecule has 4 rings (SSSR count). The number of hydrogen-bond donors (Lipinski definition) is 3. The Morgan fingerprint density at radius 1 is 1.24 bits per heavy atom. The first-order valence-corrected chi connectivity index (χ1v) is 10.5. The van der Waals surface area contributed by atoms with Gasteiger partial charge in [-0.2, -0.15) is 13.2 Å². The van der Waals surface area contributed by atoms with E-state index in [0.29, 0.717) is 53.3 Å². The Morgan fingerprint density at radius 3 is 2.50 bits per heavy atom. The molecule has 3 N–H and O–H groups in total. The molecule has 34 heavy (non-hydrogen) atoms. The number of hydrogen-bond acceptors (Lipinski definition) is 5. The maximum absolute atomic E-state index is 14.0. The van der Waals surface area contributed by atoms with Gasteiger partial charge in [-0.25, -0.2) is 4.39 Å². The minimum atomic E-state index is -4.70. The van der Waals surface area contributed by atoms with Gasteiger partial charge in [0.05, 0.1) is 22.6 Å². The zero-order valence-corrected chi connectivity index (χ0v) is 18.8. The topological polar surface area (TPSA) is 50.8 Å². The highest BCUT2D eigenvalue weighted by molar-refractivity contribution is 6.17. The van der Waals surface area contributed by atoms with Gasteiger partial charge in [0.25, 0.3) is 0 Å². The first-order valence-electron chi connectivity index (χ1n) is 10.5. The fourth-order valence-electron chi connectivity index (χ4n) is 4.43. The van der Waals surface area contributed by atoms with Crippen molar-refractivity contribution in [3.05, 3.63) is 77.9 Å². The third kappa shape index (κ3) is 3.81. The van der Waals surface area contributed by atoms with Crippen molar-refractivity contribution < 1.29 is 22.7 Å². The fourth-order valence-corrected chi connectivity index (χ4v) is 4.43. The van der Waals surface area contributed by atoms with Crippen molar-refractivity contribution >= 4 is 36.3 Å². The molecule has 0 fully saturated rings. The van der Waals surface area contributed by atoms with Gasteiger partial charge in [-0.1, -0.05) is 19.7 Å². The lowest BCUT2D eigenvalue weighted by Gasteiger charge is -2.35. The molecule has 2 aliphatic heterocycles. The number of alkyl halides is 3. The van der Waals surface area contributed by atoms with Crippen LogP contribution in [0.5, 0.6) is 0 Å². The number of halogens is 4. The number of nitrogens with zero attached hydrogens (tertiary/aromatic N) is 2. The largest absolute Gasteiger partial charge is 0.416 e. The predicted molar refractivity (Wildman–Crippen MR) is 127 cm³/mol. The first-order chi connectivity index (χ1) is 15.7. The molecule has 0 aromatic heterocycles. The van der Waals surface area contributed by atoms with E-state index in [2.05, 4.69) is 30.4 Å². The molecule has 2 radical (unpaired) electrons. The van der Waals surface area contributed by atoms with E-state index in [1.54, 1.807) is 6.07 Å². The maximum atomic E-state index is 14.0. The van der Waals surface area contributed by atoms with E-state index in [0.717, 1.165) is 17.7 Å². The van der Waals surface area contributed by atoms with Crippen LogP contribution in [0, 0.1) is 5.82 Å². The maximum Gasteiger partial charge on any atom is 0.416 e. The van der Waals surface area contributed by atoms with Crippen LogP contribution in [0.2, 0.25) is 0 Å². The van der Waals surface area contributed by atoms with Crippen molar-refractivity contribution in [2.75, 3.05) is 21.7 Å². The Bertz CT molecular complexity index is 1230. The van der Waals surface area contributed by atoms with Crippen molar-refractivity contribution in [2.45, 2.75) is 32.2 Å². The Labute approximate surface area is 196 Å². The van der Waals surface area contributed by atoms with Gasteiger partial charge < -0.3 is 25.5 Å². The lowest BCUT2D eigenvalue weighted by atomic mass is 9.90. The summed E-state index contributed by atoms with van der Waals surface area (Å²) >= 11 is 0. The molecule has 2 heterocycles. The first kappa shape index (κ1) is 23.8. The molecule has 0 spiro atoms. The van der Waals surface area contributed by atoms with Crippen LogP contribution in [0.4, 0.5) is 34.6 Å². The summed E-state index contributed by atoms with van der Waals surface area (Å²) in [6.07, 6.45) is -4.70. The van der Waals surface area contributed by atoms with Crippen molar-refractivity contribution in [1.29, 1.82) is 0 Å². The van der Waals surface area contributed by atoms with Crippen LogP contribution in [0.3, 0.4) is 0 Å². The zero-order chi connectivity index (χ0) is 25.2. The monoisotopic (exact) mass is 470 g/mol. The molecule has 2 aromatic rings. The lowest BCUT2D eigenvalue weighted by Crippen LogP contribution is -2.47. The molecule has 0 amide bonds. The van der Waals surface area contributed by atoms with E-state index in [1.165, 1.54) is 11.8 Å². The van der Waals surface area contributed by atoms with E-state index >= 15 is 0 Å². The van der Waals surface area contributed by atoms with E-state index in [-0.39, 0.29) is 11.3 Å². The number of fused-ring (bicyclic) bond motifs is 3. The van der Waals surface area contributed by atoms with Crippen molar-refractivity contribution in [2.24, 2.45) is 0 Å². The SMILES string of the molecule is [B]C(C)(O)N1C(=C)N(CC)c2cc(NC(=C)c3cc(F)cc(C(F)(F)F)c3)c3c(c21)C(=C)NC3. The number of rotatable bonds is 5. The van der Waals surface area contributed by atoms with E-state index in [4.69, 9.17) is 7.85 Å². The van der Waals surface area contributed by atoms with Crippen LogP contribution in [-0.4, -0.2) is 25.1 Å². The molecule has 0 bridgehead atoms. The summed E-state index contributed by atoms with van der Waals surface area (Å²) in [6, 6.07) is 4.06. The molecule has 1 unspecified atom stereocenters. The molecule has 5 nitrogen and oxygen atoms in total. The summed E-state index contributed by atoms with van der Waals surface area (Å²) < 4.78 is 53.5. The third-order valence-corrected chi connectivity index (χ3v) is 5.88. The quantitative estimate of drug-likeness (QED) is 0.427. The van der Waals surface area contributed by atoms with E-state index < -0.39 is 23.2 Å². The van der Waals surface area contributed by atoms with Crippen molar-refractivity contribution in [1.82, 2.24) is 5.32 Å². The highest BCUT2D eigenvalue weighted by Crippen LogP contribution is 2.52. The smallest absolute Gasteiger partial charge is 0.381 e. The van der Waals surface area contributed by atoms with Crippen LogP contribution in [0.25, 0.3) is 11.4 Å². The lowest BCUT2D eigenvalue weighted by molar-refractivity contribution is -0.137. The molecule has 10 heteroatoms. The molecular formula is C24H23BF4N4O. The Balaban J connectivity index is 1.83. The second kappa shape index (κ2) is 7.83. The van der Waals surface area contributed by atoms with Crippen LogP contribution in [0.15, 0.2) is 49.8 Å². The van der Waals surface area contributed by atoms with Crippen LogP contribution < -0.4 is 20.4 Å². The number of nitrogens with one attached hydrogen (secondary N) is 2. The third-order valence-electron chi connectivity index (χ3n) is 5.88. The van der Waals surface area contributed by atoms with Gasteiger partial charge in [0, 0.05) is 46.9 Å². The van der Waals surface area contributed by atoms with Gasteiger partial charge in [-0.3, -0.25) is 0 Å². The van der Waals surface area contributed by atoms with Gasteiger partial charge in [0.2, 0.25) is 0 Å². The summed E-state index contributed by atoms with van der Waals surface area (Å²) in [5, 5.41) is 16.9. The summed E-state index contributed by atoms with van der Waals surface area (Å²) in [7, 11) is 6.05. The molecule has 2 aliphatic rings. The van der Waals surface area contributed by atoms with E-state index in [1.807, 2.05) is 11.8 Å². The van der Waals surface area contributed by atoms with Crippen LogP contribution >= 0.6 is 0 Å². The molecule has 2 aromatic carbocycles. The average Bonchev–Trinajstić information content (AvgIpc) is 3.23. The highest BCUT2D eigenvalue weighted by Gasteiger charge is 2.41. The summed E-state index contributed by atoms with van der Waals surface area (Å²) in [4.78, 5) is 3.37. The molecule has 0 aliphatic carbocycles. The van der Waals surface area contributed by atoms with Gasteiger partial charge in [-0.15, -0.1) is 0 Å². The fraction of sp³-hybridized carbons (Fsp3) is 0.250. The second-order valence-electron chi connectivity index (χ2n) is 8.40. The zero-order valence-electron chi connectivity index (χ0n) is 18.8. The predicted octanol–water partition coefficient (Wildman–Crippen LogP) is 4.95. The average molecular weight is 470 g/mol. The summed E-state index contributed by atoms with van der Waals surface area (Å²) in [6.45, 7) is 16.2. The standard InChI is InChI=1S/C24H23BF4N4O/c1-6-32-14(4)33(23(5,25)34)22-20(32)10-19(18-11-30-13(3)21(18)22)31-12(2)15-7-16(24(27,28)29)9-17(26)8-15/h7-10,30-31,34H,2-4,6,11H2,1,5H3.